The van der Waals surface area contributed by atoms with E-state index in [1.165, 1.54) is 18.5 Å². The van der Waals surface area contributed by atoms with E-state index >= 15 is 0 Å². The number of nitrogens with zero attached hydrogens (tertiary/aromatic N) is 3. The summed E-state index contributed by atoms with van der Waals surface area (Å²) >= 11 is 0. The van der Waals surface area contributed by atoms with Crippen molar-refractivity contribution in [1.29, 1.82) is 0 Å². The Hall–Kier alpha value is -1.95. The average Bonchev–Trinajstić information content (AvgIpc) is 2.82. The van der Waals surface area contributed by atoms with Gasteiger partial charge in [0.2, 0.25) is 0 Å². The van der Waals surface area contributed by atoms with E-state index in [4.69, 9.17) is 10.5 Å². The first-order valence-corrected chi connectivity index (χ1v) is 6.57. The Morgan fingerprint density at radius 1 is 1.35 bits per heavy atom. The van der Waals surface area contributed by atoms with Crippen LogP contribution in [0.15, 0.2) is 24.5 Å². The first kappa shape index (κ1) is 14.5. The number of hydrogen-bond acceptors (Lipinski definition) is 4. The van der Waals surface area contributed by atoms with E-state index in [9.17, 15) is 4.39 Å². The van der Waals surface area contributed by atoms with Crippen LogP contribution in [0.5, 0.6) is 5.75 Å². The molecule has 0 unspecified atom stereocenters. The van der Waals surface area contributed by atoms with E-state index in [-0.39, 0.29) is 19.0 Å². The highest BCUT2D eigenvalue weighted by Gasteiger charge is 2.08. The van der Waals surface area contributed by atoms with Gasteiger partial charge in [0.1, 0.15) is 24.5 Å². The Morgan fingerprint density at radius 3 is 2.85 bits per heavy atom. The third-order valence-electron chi connectivity index (χ3n) is 2.77. The topological polar surface area (TPSA) is 66.0 Å². The van der Waals surface area contributed by atoms with Crippen LogP contribution in [-0.4, -0.2) is 14.8 Å². The Kier molecular flexibility index (Phi) is 4.68. The van der Waals surface area contributed by atoms with E-state index in [1.54, 1.807) is 10.7 Å². The van der Waals surface area contributed by atoms with E-state index in [0.717, 1.165) is 12.4 Å². The highest BCUT2D eigenvalue weighted by Crippen LogP contribution is 2.17. The Balaban J connectivity index is 2.05. The SMILES string of the molecule is CC(C)Cn1ncnc1COc1cc(F)cc(CN)c1. The maximum atomic E-state index is 13.4. The second kappa shape index (κ2) is 6.47. The number of aromatic nitrogens is 3. The lowest BCUT2D eigenvalue weighted by Gasteiger charge is -2.10. The lowest BCUT2D eigenvalue weighted by atomic mass is 10.2. The molecule has 0 aliphatic carbocycles. The highest BCUT2D eigenvalue weighted by atomic mass is 19.1. The first-order valence-electron chi connectivity index (χ1n) is 6.57. The summed E-state index contributed by atoms with van der Waals surface area (Å²) in [7, 11) is 0. The van der Waals surface area contributed by atoms with Crippen molar-refractivity contribution in [2.75, 3.05) is 0 Å². The quantitative estimate of drug-likeness (QED) is 0.879. The molecule has 2 rings (SSSR count). The van der Waals surface area contributed by atoms with E-state index in [2.05, 4.69) is 23.9 Å². The Labute approximate surface area is 117 Å². The normalized spacial score (nSPS) is 11.1. The predicted octanol–water partition coefficient (Wildman–Crippen LogP) is 2.11. The molecule has 0 spiro atoms. The van der Waals surface area contributed by atoms with Crippen molar-refractivity contribution in [2.45, 2.75) is 33.5 Å². The molecule has 108 valence electrons. The second-order valence-corrected chi connectivity index (χ2v) is 5.04. The molecule has 20 heavy (non-hydrogen) atoms. The smallest absolute Gasteiger partial charge is 0.164 e. The molecule has 0 fully saturated rings. The number of nitrogens with two attached hydrogens (primary N) is 1. The van der Waals surface area contributed by atoms with Gasteiger partial charge in [-0.15, -0.1) is 0 Å². The Morgan fingerprint density at radius 2 is 2.15 bits per heavy atom. The van der Waals surface area contributed by atoms with Crippen molar-refractivity contribution in [3.8, 4) is 5.75 Å². The summed E-state index contributed by atoms with van der Waals surface area (Å²) in [4.78, 5) is 4.16. The number of halogens is 1. The third kappa shape index (κ3) is 3.77. The second-order valence-electron chi connectivity index (χ2n) is 5.04. The van der Waals surface area contributed by atoms with Gasteiger partial charge in [0.25, 0.3) is 0 Å². The van der Waals surface area contributed by atoms with Gasteiger partial charge in [-0.1, -0.05) is 13.8 Å². The van der Waals surface area contributed by atoms with Gasteiger partial charge in [-0.3, -0.25) is 0 Å². The van der Waals surface area contributed by atoms with E-state index in [1.807, 2.05) is 0 Å². The van der Waals surface area contributed by atoms with Crippen LogP contribution in [0.1, 0.15) is 25.2 Å². The summed E-state index contributed by atoms with van der Waals surface area (Å²) < 4.78 is 20.7. The van der Waals surface area contributed by atoms with Crippen LogP contribution >= 0.6 is 0 Å². The van der Waals surface area contributed by atoms with Gasteiger partial charge >= 0.3 is 0 Å². The molecule has 6 heteroatoms. The van der Waals surface area contributed by atoms with Gasteiger partial charge in [0.05, 0.1) is 0 Å². The lowest BCUT2D eigenvalue weighted by Crippen LogP contribution is -2.12. The molecule has 2 N–H and O–H groups in total. The number of benzene rings is 1. The molecule has 0 aliphatic heterocycles. The fourth-order valence-corrected chi connectivity index (χ4v) is 1.87. The summed E-state index contributed by atoms with van der Waals surface area (Å²) in [6.45, 7) is 5.51. The molecule has 0 amide bonds. The standard InChI is InChI=1S/C14H19FN4O/c1-10(2)7-19-14(17-9-18-19)8-20-13-4-11(6-16)3-12(15)5-13/h3-5,9-10H,6-8,16H2,1-2H3. The largest absolute Gasteiger partial charge is 0.486 e. The van der Waals surface area contributed by atoms with Crippen molar-refractivity contribution in [1.82, 2.24) is 14.8 Å². The van der Waals surface area contributed by atoms with Crippen molar-refractivity contribution in [2.24, 2.45) is 11.7 Å². The number of ether oxygens (including phenoxy) is 1. The first-order chi connectivity index (χ1) is 9.58. The minimum absolute atomic E-state index is 0.250. The fraction of sp³-hybridized carbons (Fsp3) is 0.429. The van der Waals surface area contributed by atoms with Crippen molar-refractivity contribution in [3.05, 3.63) is 41.7 Å². The van der Waals surface area contributed by atoms with Crippen molar-refractivity contribution in [3.63, 3.8) is 0 Å². The van der Waals surface area contributed by atoms with Crippen LogP contribution in [0.4, 0.5) is 4.39 Å². The molecule has 0 saturated carbocycles. The maximum absolute atomic E-state index is 13.4. The summed E-state index contributed by atoms with van der Waals surface area (Å²) in [5.74, 6) is 1.28. The lowest BCUT2D eigenvalue weighted by molar-refractivity contribution is 0.281. The van der Waals surface area contributed by atoms with E-state index in [0.29, 0.717) is 17.2 Å². The molecular weight excluding hydrogens is 259 g/mol. The summed E-state index contributed by atoms with van der Waals surface area (Å²) in [6, 6.07) is 4.46. The molecule has 1 aromatic heterocycles. The molecule has 0 bridgehead atoms. The zero-order chi connectivity index (χ0) is 14.5. The molecular formula is C14H19FN4O. The molecule has 0 aliphatic rings. The molecule has 1 heterocycles. The molecule has 0 saturated heterocycles. The molecule has 1 aromatic carbocycles. The third-order valence-corrected chi connectivity index (χ3v) is 2.77. The van der Waals surface area contributed by atoms with Crippen LogP contribution in [0.25, 0.3) is 0 Å². The summed E-state index contributed by atoms with van der Waals surface area (Å²) in [5.41, 5.74) is 6.21. The van der Waals surface area contributed by atoms with Crippen molar-refractivity contribution >= 4 is 0 Å². The minimum Gasteiger partial charge on any atom is -0.486 e. The van der Waals surface area contributed by atoms with Gasteiger partial charge in [-0.25, -0.2) is 14.1 Å². The summed E-state index contributed by atoms with van der Waals surface area (Å²) in [5, 5.41) is 4.15. The van der Waals surface area contributed by atoms with Crippen LogP contribution in [0.2, 0.25) is 0 Å². The zero-order valence-corrected chi connectivity index (χ0v) is 11.7. The number of rotatable bonds is 6. The van der Waals surface area contributed by atoms with Gasteiger partial charge in [-0.2, -0.15) is 5.10 Å². The zero-order valence-electron chi connectivity index (χ0n) is 11.7. The van der Waals surface area contributed by atoms with Crippen LogP contribution in [0, 0.1) is 11.7 Å². The Bertz CT molecular complexity index is 568. The average molecular weight is 278 g/mol. The predicted molar refractivity (Wildman–Crippen MR) is 73.5 cm³/mol. The maximum Gasteiger partial charge on any atom is 0.164 e. The minimum atomic E-state index is -0.355. The van der Waals surface area contributed by atoms with Crippen LogP contribution in [-0.2, 0) is 19.7 Å². The molecule has 2 aromatic rings. The molecule has 0 radical (unpaired) electrons. The summed E-state index contributed by atoms with van der Waals surface area (Å²) in [6.07, 6.45) is 1.50. The van der Waals surface area contributed by atoms with Crippen LogP contribution < -0.4 is 10.5 Å². The molecule has 5 nitrogen and oxygen atoms in total. The van der Waals surface area contributed by atoms with Gasteiger partial charge in [0.15, 0.2) is 5.82 Å². The number of hydrogen-bond donors (Lipinski definition) is 1. The highest BCUT2D eigenvalue weighted by molar-refractivity contribution is 5.29. The van der Waals surface area contributed by atoms with Crippen LogP contribution in [0.3, 0.4) is 0 Å². The van der Waals surface area contributed by atoms with Crippen molar-refractivity contribution < 1.29 is 9.13 Å². The monoisotopic (exact) mass is 278 g/mol. The van der Waals surface area contributed by atoms with E-state index < -0.39 is 0 Å². The van der Waals surface area contributed by atoms with Gasteiger partial charge in [0, 0.05) is 19.2 Å². The molecule has 0 atom stereocenters. The van der Waals surface area contributed by atoms with Gasteiger partial charge < -0.3 is 10.5 Å². The van der Waals surface area contributed by atoms with Gasteiger partial charge in [-0.05, 0) is 23.6 Å². The fourth-order valence-electron chi connectivity index (χ4n) is 1.87.